The number of hydrogen-bond donors (Lipinski definition) is 0. The van der Waals surface area contributed by atoms with Gasteiger partial charge in [0.15, 0.2) is 6.10 Å². The van der Waals surface area contributed by atoms with E-state index in [4.69, 9.17) is 9.47 Å². The van der Waals surface area contributed by atoms with Gasteiger partial charge in [0.1, 0.15) is 0 Å². The summed E-state index contributed by atoms with van der Waals surface area (Å²) in [5.74, 6) is -0.296. The van der Waals surface area contributed by atoms with E-state index in [9.17, 15) is 4.79 Å². The van der Waals surface area contributed by atoms with Gasteiger partial charge >= 0.3 is 5.97 Å². The molecule has 0 amide bonds. The van der Waals surface area contributed by atoms with E-state index in [2.05, 4.69) is 21.9 Å². The van der Waals surface area contributed by atoms with Crippen molar-refractivity contribution in [2.45, 2.75) is 12.6 Å². The molecule has 5 nitrogen and oxygen atoms in total. The molecule has 0 N–H and O–H groups in total. The van der Waals surface area contributed by atoms with Gasteiger partial charge in [0.05, 0.1) is 13.7 Å². The van der Waals surface area contributed by atoms with Crippen molar-refractivity contribution in [3.05, 3.63) is 29.8 Å². The molecule has 1 aliphatic rings. The van der Waals surface area contributed by atoms with Crippen LogP contribution in [0.15, 0.2) is 24.3 Å². The third kappa shape index (κ3) is 3.49. The molecule has 0 bridgehead atoms. The SMILES string of the molecule is COC(=O)[C@H]1CN(Cc2ccccc2N(C)C)CCO1. The zero-order chi connectivity index (χ0) is 14.5. The van der Waals surface area contributed by atoms with Crippen LogP contribution in [0.5, 0.6) is 0 Å². The molecule has 0 unspecified atom stereocenters. The van der Waals surface area contributed by atoms with Crippen LogP contribution in [0.3, 0.4) is 0 Å². The molecule has 1 aliphatic heterocycles. The minimum Gasteiger partial charge on any atom is -0.467 e. The minimum atomic E-state index is -0.472. The van der Waals surface area contributed by atoms with Crippen LogP contribution in [0.25, 0.3) is 0 Å². The van der Waals surface area contributed by atoms with E-state index in [1.807, 2.05) is 26.2 Å². The summed E-state index contributed by atoms with van der Waals surface area (Å²) in [4.78, 5) is 15.9. The van der Waals surface area contributed by atoms with Crippen molar-refractivity contribution in [2.75, 3.05) is 45.8 Å². The third-order valence-corrected chi connectivity index (χ3v) is 3.48. The highest BCUT2D eigenvalue weighted by Gasteiger charge is 2.27. The van der Waals surface area contributed by atoms with Gasteiger partial charge in [-0.15, -0.1) is 0 Å². The number of ether oxygens (including phenoxy) is 2. The van der Waals surface area contributed by atoms with Crippen molar-refractivity contribution >= 4 is 11.7 Å². The van der Waals surface area contributed by atoms with Gasteiger partial charge in [-0.2, -0.15) is 0 Å². The molecule has 5 heteroatoms. The number of benzene rings is 1. The number of rotatable bonds is 4. The Morgan fingerprint density at radius 2 is 2.20 bits per heavy atom. The second-order valence-electron chi connectivity index (χ2n) is 5.14. The first kappa shape index (κ1) is 14.8. The number of hydrogen-bond acceptors (Lipinski definition) is 5. The van der Waals surface area contributed by atoms with Crippen molar-refractivity contribution in [1.82, 2.24) is 4.90 Å². The Morgan fingerprint density at radius 1 is 1.45 bits per heavy atom. The van der Waals surface area contributed by atoms with Crippen molar-refractivity contribution in [2.24, 2.45) is 0 Å². The highest BCUT2D eigenvalue weighted by molar-refractivity contribution is 5.74. The molecule has 1 fully saturated rings. The van der Waals surface area contributed by atoms with Crippen LogP contribution in [0, 0.1) is 0 Å². The molecule has 0 radical (unpaired) electrons. The standard InChI is InChI=1S/C15H22N2O3/c1-16(2)13-7-5-4-6-12(13)10-17-8-9-20-14(11-17)15(18)19-3/h4-7,14H,8-11H2,1-3H3/t14-/m1/s1. The summed E-state index contributed by atoms with van der Waals surface area (Å²) in [5.41, 5.74) is 2.46. The van der Waals surface area contributed by atoms with Crippen LogP contribution in [0.4, 0.5) is 5.69 Å². The van der Waals surface area contributed by atoms with Gasteiger partial charge in [-0.05, 0) is 11.6 Å². The average molecular weight is 278 g/mol. The second-order valence-corrected chi connectivity index (χ2v) is 5.14. The van der Waals surface area contributed by atoms with Crippen LogP contribution in [-0.4, -0.2) is 57.9 Å². The van der Waals surface area contributed by atoms with E-state index >= 15 is 0 Å². The fourth-order valence-corrected chi connectivity index (χ4v) is 2.44. The number of carbonyl (C=O) groups excluding carboxylic acids is 1. The summed E-state index contributed by atoms with van der Waals surface area (Å²) in [7, 11) is 5.47. The van der Waals surface area contributed by atoms with Crippen LogP contribution in [-0.2, 0) is 20.8 Å². The van der Waals surface area contributed by atoms with E-state index in [1.54, 1.807) is 0 Å². The number of carbonyl (C=O) groups is 1. The normalized spacial score (nSPS) is 19.6. The lowest BCUT2D eigenvalue weighted by Crippen LogP contribution is -2.46. The first-order valence-electron chi connectivity index (χ1n) is 6.79. The topological polar surface area (TPSA) is 42.0 Å². The highest BCUT2D eigenvalue weighted by atomic mass is 16.6. The number of para-hydroxylation sites is 1. The fraction of sp³-hybridized carbons (Fsp3) is 0.533. The third-order valence-electron chi connectivity index (χ3n) is 3.48. The van der Waals surface area contributed by atoms with Crippen LogP contribution < -0.4 is 4.90 Å². The number of methoxy groups -OCH3 is 1. The number of anilines is 1. The average Bonchev–Trinajstić information content (AvgIpc) is 2.47. The molecule has 110 valence electrons. The molecule has 1 aromatic carbocycles. The maximum atomic E-state index is 11.6. The fourth-order valence-electron chi connectivity index (χ4n) is 2.44. The van der Waals surface area contributed by atoms with Crippen LogP contribution in [0.2, 0.25) is 0 Å². The van der Waals surface area contributed by atoms with E-state index in [1.165, 1.54) is 18.4 Å². The van der Waals surface area contributed by atoms with Gasteiger partial charge in [0, 0.05) is 39.4 Å². The van der Waals surface area contributed by atoms with E-state index in [0.29, 0.717) is 13.2 Å². The molecule has 1 aromatic rings. The van der Waals surface area contributed by atoms with Gasteiger partial charge < -0.3 is 14.4 Å². The summed E-state index contributed by atoms with van der Waals surface area (Å²) in [5, 5.41) is 0. The monoisotopic (exact) mass is 278 g/mol. The molecule has 1 heterocycles. The van der Waals surface area contributed by atoms with Crippen molar-refractivity contribution < 1.29 is 14.3 Å². The van der Waals surface area contributed by atoms with Crippen molar-refractivity contribution in [3.8, 4) is 0 Å². The Bertz CT molecular complexity index is 462. The quantitative estimate of drug-likeness (QED) is 0.772. The molecular weight excluding hydrogens is 256 g/mol. The molecule has 1 saturated heterocycles. The van der Waals surface area contributed by atoms with Crippen molar-refractivity contribution in [3.63, 3.8) is 0 Å². The Labute approximate surface area is 120 Å². The summed E-state index contributed by atoms with van der Waals surface area (Å²) < 4.78 is 10.2. The van der Waals surface area contributed by atoms with E-state index < -0.39 is 6.10 Å². The van der Waals surface area contributed by atoms with Crippen molar-refractivity contribution in [1.29, 1.82) is 0 Å². The molecule has 0 aromatic heterocycles. The van der Waals surface area contributed by atoms with Crippen LogP contribution >= 0.6 is 0 Å². The van der Waals surface area contributed by atoms with Gasteiger partial charge in [-0.3, -0.25) is 4.90 Å². The summed E-state index contributed by atoms with van der Waals surface area (Å²) in [6.07, 6.45) is -0.472. The first-order valence-corrected chi connectivity index (χ1v) is 6.79. The maximum Gasteiger partial charge on any atom is 0.336 e. The Morgan fingerprint density at radius 3 is 2.90 bits per heavy atom. The molecule has 0 saturated carbocycles. The Balaban J connectivity index is 2.04. The lowest BCUT2D eigenvalue weighted by atomic mass is 10.1. The zero-order valence-corrected chi connectivity index (χ0v) is 12.3. The lowest BCUT2D eigenvalue weighted by molar-refractivity contribution is -0.160. The first-order chi connectivity index (χ1) is 9.61. The molecule has 20 heavy (non-hydrogen) atoms. The molecule has 2 rings (SSSR count). The summed E-state index contributed by atoms with van der Waals surface area (Å²) >= 11 is 0. The molecule has 0 aliphatic carbocycles. The van der Waals surface area contributed by atoms with Crippen LogP contribution in [0.1, 0.15) is 5.56 Å². The lowest BCUT2D eigenvalue weighted by Gasteiger charge is -2.32. The summed E-state index contributed by atoms with van der Waals surface area (Å²) in [6.45, 7) is 2.78. The predicted molar refractivity (Wildman–Crippen MR) is 77.8 cm³/mol. The van der Waals surface area contributed by atoms with Gasteiger partial charge in [-0.25, -0.2) is 4.79 Å². The number of morpholine rings is 1. The number of nitrogens with zero attached hydrogens (tertiary/aromatic N) is 2. The second kappa shape index (κ2) is 6.72. The Hall–Kier alpha value is -1.59. The molecular formula is C15H22N2O3. The van der Waals surface area contributed by atoms with E-state index in [-0.39, 0.29) is 5.97 Å². The minimum absolute atomic E-state index is 0.296. The van der Waals surface area contributed by atoms with Gasteiger partial charge in [0.2, 0.25) is 0 Å². The predicted octanol–water partition coefficient (Wildman–Crippen LogP) is 1.13. The molecule has 0 spiro atoms. The smallest absolute Gasteiger partial charge is 0.336 e. The highest BCUT2D eigenvalue weighted by Crippen LogP contribution is 2.21. The van der Waals surface area contributed by atoms with E-state index in [0.717, 1.165) is 13.1 Å². The van der Waals surface area contributed by atoms with Gasteiger partial charge in [-0.1, -0.05) is 18.2 Å². The molecule has 1 atom stereocenters. The maximum absolute atomic E-state index is 11.6. The largest absolute Gasteiger partial charge is 0.467 e. The zero-order valence-electron chi connectivity index (χ0n) is 12.3. The number of esters is 1. The van der Waals surface area contributed by atoms with Gasteiger partial charge in [0.25, 0.3) is 0 Å². The Kier molecular flexibility index (Phi) is 4.98. The summed E-state index contributed by atoms with van der Waals surface area (Å²) in [6, 6.07) is 8.31.